The van der Waals surface area contributed by atoms with Crippen LogP contribution < -0.4 is 10.3 Å². The zero-order valence-corrected chi connectivity index (χ0v) is 9.62. The Balaban J connectivity index is 2.33. The highest BCUT2D eigenvalue weighted by Crippen LogP contribution is 2.37. The lowest BCUT2D eigenvalue weighted by molar-refractivity contribution is 0.286. The van der Waals surface area contributed by atoms with Crippen molar-refractivity contribution in [2.24, 2.45) is 0 Å². The van der Waals surface area contributed by atoms with E-state index in [9.17, 15) is 4.79 Å². The maximum Gasteiger partial charge on any atom is 0.248 e. The van der Waals surface area contributed by atoms with Crippen LogP contribution in [0.4, 0.5) is 0 Å². The Labute approximate surface area is 98.7 Å². The molecule has 1 unspecified atom stereocenters. The summed E-state index contributed by atoms with van der Waals surface area (Å²) in [6.45, 7) is 5.76. The first kappa shape index (κ1) is 10.1. The van der Waals surface area contributed by atoms with Crippen LogP contribution in [0.1, 0.15) is 11.1 Å². The van der Waals surface area contributed by atoms with E-state index in [-0.39, 0.29) is 11.7 Å². The smallest absolute Gasteiger partial charge is 0.248 e. The number of nitrogens with one attached hydrogen (secondary N) is 1. The van der Waals surface area contributed by atoms with Crippen molar-refractivity contribution in [1.82, 2.24) is 4.98 Å². The van der Waals surface area contributed by atoms with Crippen LogP contribution in [0.5, 0.6) is 5.75 Å². The molecule has 2 aromatic rings. The molecule has 1 aliphatic rings. The third-order valence-corrected chi connectivity index (χ3v) is 3.19. The van der Waals surface area contributed by atoms with Gasteiger partial charge < -0.3 is 9.72 Å². The van der Waals surface area contributed by atoms with Gasteiger partial charge in [-0.2, -0.15) is 0 Å². The Morgan fingerprint density at radius 1 is 1.53 bits per heavy atom. The third kappa shape index (κ3) is 1.46. The van der Waals surface area contributed by atoms with Crippen molar-refractivity contribution in [1.29, 1.82) is 0 Å². The molecular formula is C14H13NO2. The number of rotatable bonds is 1. The first-order valence-corrected chi connectivity index (χ1v) is 5.64. The van der Waals surface area contributed by atoms with Gasteiger partial charge in [-0.1, -0.05) is 18.7 Å². The SMILES string of the molecule is C=CC1Cc2cc(C)c3[nH]c(=O)ccc3c2O1. The number of aromatic amines is 1. The van der Waals surface area contributed by atoms with Crippen LogP contribution in [0.2, 0.25) is 0 Å². The summed E-state index contributed by atoms with van der Waals surface area (Å²) in [5.74, 6) is 0.881. The summed E-state index contributed by atoms with van der Waals surface area (Å²) in [5, 5.41) is 0.976. The number of benzene rings is 1. The first-order chi connectivity index (χ1) is 8.19. The van der Waals surface area contributed by atoms with Crippen molar-refractivity contribution in [2.45, 2.75) is 19.4 Å². The highest BCUT2D eigenvalue weighted by Gasteiger charge is 2.23. The van der Waals surface area contributed by atoms with E-state index in [0.717, 1.165) is 28.6 Å². The molecule has 3 heteroatoms. The van der Waals surface area contributed by atoms with Crippen LogP contribution in [0.25, 0.3) is 10.9 Å². The lowest BCUT2D eigenvalue weighted by Crippen LogP contribution is -2.07. The van der Waals surface area contributed by atoms with E-state index in [1.54, 1.807) is 0 Å². The van der Waals surface area contributed by atoms with E-state index in [1.165, 1.54) is 11.6 Å². The summed E-state index contributed by atoms with van der Waals surface area (Å²) in [6.07, 6.45) is 2.71. The summed E-state index contributed by atoms with van der Waals surface area (Å²) in [7, 11) is 0. The number of hydrogen-bond donors (Lipinski definition) is 1. The fourth-order valence-corrected chi connectivity index (χ4v) is 2.38. The number of pyridine rings is 1. The standard InChI is InChI=1S/C14H13NO2/c1-3-10-7-9-6-8(2)13-11(14(9)17-10)4-5-12(16)15-13/h3-6,10H,1,7H2,2H3,(H,15,16). The lowest BCUT2D eigenvalue weighted by Gasteiger charge is -2.08. The summed E-state index contributed by atoms with van der Waals surface area (Å²) in [4.78, 5) is 14.2. The molecule has 0 saturated carbocycles. The van der Waals surface area contributed by atoms with Crippen LogP contribution in [-0.2, 0) is 6.42 Å². The third-order valence-electron chi connectivity index (χ3n) is 3.19. The second-order valence-corrected chi connectivity index (χ2v) is 4.39. The monoisotopic (exact) mass is 227 g/mol. The van der Waals surface area contributed by atoms with E-state index >= 15 is 0 Å². The van der Waals surface area contributed by atoms with Gasteiger partial charge in [-0.3, -0.25) is 4.79 Å². The zero-order chi connectivity index (χ0) is 12.0. The van der Waals surface area contributed by atoms with Crippen molar-refractivity contribution in [3.8, 4) is 5.75 Å². The Bertz CT molecular complexity index is 670. The molecule has 3 rings (SSSR count). The molecule has 1 aromatic heterocycles. The summed E-state index contributed by atoms with van der Waals surface area (Å²) in [5.41, 5.74) is 3.04. The van der Waals surface area contributed by atoms with Crippen LogP contribution in [0.15, 0.2) is 35.6 Å². The maximum absolute atomic E-state index is 11.3. The number of ether oxygens (including phenoxy) is 1. The maximum atomic E-state index is 11.3. The predicted octanol–water partition coefficient (Wildman–Crippen LogP) is 2.33. The van der Waals surface area contributed by atoms with Gasteiger partial charge in [0.15, 0.2) is 0 Å². The number of aryl methyl sites for hydroxylation is 1. The first-order valence-electron chi connectivity index (χ1n) is 5.64. The Morgan fingerprint density at radius 2 is 2.35 bits per heavy atom. The predicted molar refractivity (Wildman–Crippen MR) is 67.6 cm³/mol. The minimum Gasteiger partial charge on any atom is -0.485 e. The van der Waals surface area contributed by atoms with Crippen molar-refractivity contribution < 1.29 is 4.74 Å². The lowest BCUT2D eigenvalue weighted by atomic mass is 10.0. The number of fused-ring (bicyclic) bond motifs is 3. The Hall–Kier alpha value is -2.03. The molecular weight excluding hydrogens is 214 g/mol. The van der Waals surface area contributed by atoms with Gasteiger partial charge in [-0.15, -0.1) is 0 Å². The molecule has 2 heterocycles. The van der Waals surface area contributed by atoms with Gasteiger partial charge in [0.05, 0.1) is 5.52 Å². The second kappa shape index (κ2) is 3.48. The molecule has 0 radical (unpaired) electrons. The molecule has 1 aromatic carbocycles. The number of aromatic nitrogens is 1. The van der Waals surface area contributed by atoms with Gasteiger partial charge in [-0.25, -0.2) is 0 Å². The molecule has 0 amide bonds. The molecule has 0 aliphatic carbocycles. The number of hydrogen-bond acceptors (Lipinski definition) is 2. The molecule has 0 fully saturated rings. The van der Waals surface area contributed by atoms with Crippen molar-refractivity contribution in [2.75, 3.05) is 0 Å². The van der Waals surface area contributed by atoms with Gasteiger partial charge in [0, 0.05) is 17.9 Å². The van der Waals surface area contributed by atoms with Crippen molar-refractivity contribution in [3.63, 3.8) is 0 Å². The molecule has 0 bridgehead atoms. The van der Waals surface area contributed by atoms with Gasteiger partial charge in [0.2, 0.25) is 5.56 Å². The average Bonchev–Trinajstić information content (AvgIpc) is 2.72. The molecule has 1 atom stereocenters. The number of H-pyrrole nitrogens is 1. The fraction of sp³-hybridized carbons (Fsp3) is 0.214. The normalized spacial score (nSPS) is 17.8. The van der Waals surface area contributed by atoms with Crippen LogP contribution in [0, 0.1) is 6.92 Å². The van der Waals surface area contributed by atoms with Gasteiger partial charge in [0.25, 0.3) is 0 Å². The molecule has 0 spiro atoms. The average molecular weight is 227 g/mol. The molecule has 0 saturated heterocycles. The Kier molecular flexibility index (Phi) is 2.08. The van der Waals surface area contributed by atoms with E-state index in [4.69, 9.17) is 4.74 Å². The van der Waals surface area contributed by atoms with Gasteiger partial charge in [0.1, 0.15) is 11.9 Å². The van der Waals surface area contributed by atoms with E-state index < -0.39 is 0 Å². The summed E-state index contributed by atoms with van der Waals surface area (Å²) in [6, 6.07) is 5.44. The quantitative estimate of drug-likeness (QED) is 0.760. The van der Waals surface area contributed by atoms with Gasteiger partial charge in [-0.05, 0) is 24.1 Å². The molecule has 3 nitrogen and oxygen atoms in total. The van der Waals surface area contributed by atoms with Crippen LogP contribution >= 0.6 is 0 Å². The highest BCUT2D eigenvalue weighted by molar-refractivity contribution is 5.89. The summed E-state index contributed by atoms with van der Waals surface area (Å²) < 4.78 is 5.82. The van der Waals surface area contributed by atoms with Crippen molar-refractivity contribution >= 4 is 10.9 Å². The van der Waals surface area contributed by atoms with Crippen LogP contribution in [-0.4, -0.2) is 11.1 Å². The molecule has 17 heavy (non-hydrogen) atoms. The minimum atomic E-state index is -0.0844. The molecule has 86 valence electrons. The minimum absolute atomic E-state index is 0.0435. The zero-order valence-electron chi connectivity index (χ0n) is 9.62. The Morgan fingerprint density at radius 3 is 3.12 bits per heavy atom. The summed E-state index contributed by atoms with van der Waals surface area (Å²) >= 11 is 0. The highest BCUT2D eigenvalue weighted by atomic mass is 16.5. The van der Waals surface area contributed by atoms with Crippen LogP contribution in [0.3, 0.4) is 0 Å². The molecule has 1 aliphatic heterocycles. The fourth-order valence-electron chi connectivity index (χ4n) is 2.38. The van der Waals surface area contributed by atoms with E-state index in [0.29, 0.717) is 0 Å². The van der Waals surface area contributed by atoms with Crippen molar-refractivity contribution in [3.05, 3.63) is 52.3 Å². The van der Waals surface area contributed by atoms with E-state index in [2.05, 4.69) is 17.6 Å². The van der Waals surface area contributed by atoms with E-state index in [1.807, 2.05) is 19.1 Å². The topological polar surface area (TPSA) is 42.1 Å². The second-order valence-electron chi connectivity index (χ2n) is 4.39. The molecule has 1 N–H and O–H groups in total. The largest absolute Gasteiger partial charge is 0.485 e. The van der Waals surface area contributed by atoms with Gasteiger partial charge >= 0.3 is 0 Å².